The van der Waals surface area contributed by atoms with Crippen LogP contribution in [-0.2, 0) is 18.9 Å². The molecule has 0 radical (unpaired) electrons. The summed E-state index contributed by atoms with van der Waals surface area (Å²) in [5, 5.41) is 10.2. The molecule has 0 amide bonds. The molecule has 0 spiro atoms. The zero-order valence-corrected chi connectivity index (χ0v) is 11.6. The van der Waals surface area contributed by atoms with Crippen molar-refractivity contribution >= 4 is 0 Å². The Kier molecular flexibility index (Phi) is 4.05. The Morgan fingerprint density at radius 3 is 2.65 bits per heavy atom. The number of fused-ring (bicyclic) bond motifs is 1. The number of hydrogen-bond donors (Lipinski definition) is 1. The Morgan fingerprint density at radius 2 is 1.95 bits per heavy atom. The van der Waals surface area contributed by atoms with E-state index in [4.69, 9.17) is 18.9 Å². The lowest BCUT2D eigenvalue weighted by Gasteiger charge is -2.46. The average molecular weight is 280 g/mol. The fraction of sp³-hybridized carbons (Fsp3) is 0.600. The molecule has 0 bridgehead atoms. The van der Waals surface area contributed by atoms with Gasteiger partial charge in [-0.1, -0.05) is 37.3 Å². The van der Waals surface area contributed by atoms with Crippen molar-refractivity contribution < 1.29 is 24.1 Å². The van der Waals surface area contributed by atoms with Crippen molar-refractivity contribution in [3.05, 3.63) is 35.9 Å². The summed E-state index contributed by atoms with van der Waals surface area (Å²) in [5.74, 6) is -0.0752. The summed E-state index contributed by atoms with van der Waals surface area (Å²) >= 11 is 0. The largest absolute Gasteiger partial charge is 0.387 e. The number of aliphatic hydroxyl groups is 1. The van der Waals surface area contributed by atoms with Crippen molar-refractivity contribution in [1.82, 2.24) is 0 Å². The number of ether oxygens (including phenoxy) is 4. The second kappa shape index (κ2) is 5.79. The van der Waals surface area contributed by atoms with Crippen LogP contribution in [0.15, 0.2) is 30.3 Å². The van der Waals surface area contributed by atoms with Crippen molar-refractivity contribution in [1.29, 1.82) is 0 Å². The topological polar surface area (TPSA) is 57.2 Å². The lowest BCUT2D eigenvalue weighted by atomic mass is 9.90. The molecular formula is C15H20O5. The Hall–Kier alpha value is -0.980. The van der Waals surface area contributed by atoms with E-state index in [-0.39, 0.29) is 18.1 Å². The van der Waals surface area contributed by atoms with Crippen LogP contribution >= 0.6 is 0 Å². The van der Waals surface area contributed by atoms with Gasteiger partial charge in [-0.15, -0.1) is 0 Å². The molecule has 6 atom stereocenters. The maximum Gasteiger partial charge on any atom is 0.184 e. The molecule has 1 aromatic carbocycles. The Balaban J connectivity index is 1.74. The zero-order valence-electron chi connectivity index (χ0n) is 11.6. The molecule has 6 unspecified atom stereocenters. The first kappa shape index (κ1) is 14.0. The molecule has 2 aliphatic rings. The summed E-state index contributed by atoms with van der Waals surface area (Å²) in [5.41, 5.74) is 0.974. The van der Waals surface area contributed by atoms with Gasteiger partial charge in [0.05, 0.1) is 12.7 Å². The van der Waals surface area contributed by atoms with Crippen LogP contribution in [0.2, 0.25) is 0 Å². The van der Waals surface area contributed by atoms with Gasteiger partial charge in [0.2, 0.25) is 0 Å². The molecule has 1 aromatic rings. The van der Waals surface area contributed by atoms with Crippen LogP contribution in [0.5, 0.6) is 0 Å². The van der Waals surface area contributed by atoms with E-state index in [2.05, 4.69) is 0 Å². The van der Waals surface area contributed by atoms with E-state index < -0.39 is 18.7 Å². The maximum absolute atomic E-state index is 10.2. The fourth-order valence-corrected chi connectivity index (χ4v) is 2.80. The van der Waals surface area contributed by atoms with E-state index in [1.165, 1.54) is 7.11 Å². The van der Waals surface area contributed by atoms with Crippen LogP contribution in [-0.4, -0.2) is 43.4 Å². The molecule has 110 valence electrons. The molecule has 2 aliphatic heterocycles. The summed E-state index contributed by atoms with van der Waals surface area (Å²) in [6.07, 6.45) is -2.13. The van der Waals surface area contributed by atoms with Gasteiger partial charge in [-0.05, 0) is 0 Å². The normalized spacial score (nSPS) is 41.1. The van der Waals surface area contributed by atoms with Crippen LogP contribution in [0.25, 0.3) is 0 Å². The van der Waals surface area contributed by atoms with Crippen molar-refractivity contribution in [3.63, 3.8) is 0 Å². The van der Waals surface area contributed by atoms with Crippen molar-refractivity contribution in [2.24, 2.45) is 5.92 Å². The number of aliphatic hydroxyl groups excluding tert-OH is 1. The highest BCUT2D eigenvalue weighted by molar-refractivity contribution is 5.16. The third kappa shape index (κ3) is 2.47. The molecule has 1 N–H and O–H groups in total. The molecular weight excluding hydrogens is 260 g/mol. The van der Waals surface area contributed by atoms with Gasteiger partial charge in [-0.25, -0.2) is 0 Å². The first-order valence-corrected chi connectivity index (χ1v) is 6.89. The lowest BCUT2D eigenvalue weighted by Crippen LogP contribution is -2.58. The van der Waals surface area contributed by atoms with E-state index in [1.54, 1.807) is 0 Å². The third-order valence-corrected chi connectivity index (χ3v) is 4.01. The molecule has 3 rings (SSSR count). The molecule has 0 aromatic heterocycles. The Bertz CT molecular complexity index is 435. The summed E-state index contributed by atoms with van der Waals surface area (Å²) in [4.78, 5) is 0. The highest BCUT2D eigenvalue weighted by atomic mass is 16.7. The SMILES string of the molecule is COC1OC2COC(c3ccccc3)OC2C(C)C1O. The summed E-state index contributed by atoms with van der Waals surface area (Å²) in [6.45, 7) is 2.38. The van der Waals surface area contributed by atoms with Crippen LogP contribution in [0.1, 0.15) is 18.8 Å². The van der Waals surface area contributed by atoms with Crippen LogP contribution in [0.4, 0.5) is 0 Å². The molecule has 20 heavy (non-hydrogen) atoms. The van der Waals surface area contributed by atoms with Crippen LogP contribution in [0.3, 0.4) is 0 Å². The Labute approximate surface area is 118 Å². The number of rotatable bonds is 2. The fourth-order valence-electron chi connectivity index (χ4n) is 2.80. The van der Waals surface area contributed by atoms with Crippen LogP contribution < -0.4 is 0 Å². The molecule has 5 nitrogen and oxygen atoms in total. The van der Waals surface area contributed by atoms with E-state index >= 15 is 0 Å². The second-order valence-electron chi connectivity index (χ2n) is 5.30. The minimum Gasteiger partial charge on any atom is -0.387 e. The monoisotopic (exact) mass is 280 g/mol. The van der Waals surface area contributed by atoms with Gasteiger partial charge in [0.1, 0.15) is 12.2 Å². The predicted molar refractivity (Wildman–Crippen MR) is 70.8 cm³/mol. The van der Waals surface area contributed by atoms with Gasteiger partial charge in [0.25, 0.3) is 0 Å². The van der Waals surface area contributed by atoms with E-state index in [9.17, 15) is 5.11 Å². The van der Waals surface area contributed by atoms with Gasteiger partial charge < -0.3 is 24.1 Å². The second-order valence-corrected chi connectivity index (χ2v) is 5.30. The molecule has 2 heterocycles. The third-order valence-electron chi connectivity index (χ3n) is 4.01. The number of hydrogen-bond acceptors (Lipinski definition) is 5. The first-order chi connectivity index (χ1) is 9.70. The number of methoxy groups -OCH3 is 1. The Morgan fingerprint density at radius 1 is 1.20 bits per heavy atom. The van der Waals surface area contributed by atoms with Gasteiger partial charge in [-0.2, -0.15) is 0 Å². The molecule has 0 aliphatic carbocycles. The first-order valence-electron chi connectivity index (χ1n) is 6.89. The average Bonchev–Trinajstić information content (AvgIpc) is 2.51. The molecule has 5 heteroatoms. The van der Waals surface area contributed by atoms with E-state index in [0.717, 1.165) is 5.56 Å². The summed E-state index contributed by atoms with van der Waals surface area (Å²) in [6, 6.07) is 9.78. The minimum atomic E-state index is -0.698. The smallest absolute Gasteiger partial charge is 0.184 e. The predicted octanol–water partition coefficient (Wildman–Crippen LogP) is 1.47. The van der Waals surface area contributed by atoms with Gasteiger partial charge in [-0.3, -0.25) is 0 Å². The van der Waals surface area contributed by atoms with Crippen molar-refractivity contribution in [2.45, 2.75) is 37.8 Å². The van der Waals surface area contributed by atoms with Gasteiger partial charge >= 0.3 is 0 Å². The number of benzene rings is 1. The van der Waals surface area contributed by atoms with Crippen molar-refractivity contribution in [2.75, 3.05) is 13.7 Å². The minimum absolute atomic E-state index is 0.0752. The van der Waals surface area contributed by atoms with E-state index in [0.29, 0.717) is 6.61 Å². The zero-order chi connectivity index (χ0) is 14.1. The van der Waals surface area contributed by atoms with Gasteiger partial charge in [0, 0.05) is 18.6 Å². The summed E-state index contributed by atoms with van der Waals surface area (Å²) in [7, 11) is 1.53. The molecule has 0 saturated carbocycles. The molecule has 2 saturated heterocycles. The van der Waals surface area contributed by atoms with Crippen molar-refractivity contribution in [3.8, 4) is 0 Å². The highest BCUT2D eigenvalue weighted by Gasteiger charge is 2.47. The lowest BCUT2D eigenvalue weighted by molar-refractivity contribution is -0.348. The van der Waals surface area contributed by atoms with Gasteiger partial charge in [0.15, 0.2) is 12.6 Å². The quantitative estimate of drug-likeness (QED) is 0.889. The molecule has 2 fully saturated rings. The maximum atomic E-state index is 10.2. The summed E-state index contributed by atoms with van der Waals surface area (Å²) < 4.78 is 22.5. The highest BCUT2D eigenvalue weighted by Crippen LogP contribution is 2.36. The van der Waals surface area contributed by atoms with Crippen LogP contribution in [0, 0.1) is 5.92 Å². The van der Waals surface area contributed by atoms with E-state index in [1.807, 2.05) is 37.3 Å². The standard InChI is InChI=1S/C15H20O5/c1-9-12(16)15(17-2)19-11-8-18-14(20-13(9)11)10-6-4-3-5-7-10/h3-7,9,11-16H,8H2,1-2H3.